The molecule has 0 radical (unpaired) electrons. The largest absolute Gasteiger partial charge is 0.469 e. The third-order valence-electron chi connectivity index (χ3n) is 3.90. The quantitative estimate of drug-likeness (QED) is 0.532. The van der Waals surface area contributed by atoms with Crippen molar-refractivity contribution in [1.29, 1.82) is 0 Å². The van der Waals surface area contributed by atoms with Gasteiger partial charge in [0.05, 0.1) is 25.2 Å². The lowest BCUT2D eigenvalue weighted by molar-refractivity contribution is -0.156. The molecule has 0 aliphatic carbocycles. The maximum atomic E-state index is 12.0. The summed E-state index contributed by atoms with van der Waals surface area (Å²) in [5, 5.41) is 0. The van der Waals surface area contributed by atoms with Crippen LogP contribution in [0.15, 0.2) is 0 Å². The molecule has 2 fully saturated rings. The Labute approximate surface area is 96.9 Å². The van der Waals surface area contributed by atoms with Gasteiger partial charge >= 0.3 is 5.97 Å². The third kappa shape index (κ3) is 2.38. The van der Waals surface area contributed by atoms with Crippen molar-refractivity contribution in [1.82, 2.24) is 4.90 Å². The average molecular weight is 227 g/mol. The lowest BCUT2D eigenvalue weighted by Crippen LogP contribution is -2.45. The number of hydrogen-bond acceptors (Lipinski definition) is 4. The van der Waals surface area contributed by atoms with Crippen LogP contribution in [0.5, 0.6) is 0 Å². The Kier molecular flexibility index (Phi) is 3.50. The topological polar surface area (TPSA) is 42.1 Å². The molecule has 2 aliphatic rings. The van der Waals surface area contributed by atoms with E-state index < -0.39 is 0 Å². The predicted octanol–water partition coefficient (Wildman–Crippen LogP) is 1.05. The molecule has 1 atom stereocenters. The summed E-state index contributed by atoms with van der Waals surface area (Å²) in [6.45, 7) is 6.04. The molecule has 2 heterocycles. The van der Waals surface area contributed by atoms with Crippen molar-refractivity contribution in [2.45, 2.75) is 32.3 Å². The van der Waals surface area contributed by atoms with E-state index in [0.29, 0.717) is 6.10 Å². The van der Waals surface area contributed by atoms with Crippen LogP contribution in [0.3, 0.4) is 0 Å². The van der Waals surface area contributed by atoms with Gasteiger partial charge in [0.25, 0.3) is 0 Å². The number of carbonyl (C=O) groups excluding carboxylic acids is 1. The van der Waals surface area contributed by atoms with E-state index in [0.717, 1.165) is 45.5 Å². The molecule has 0 aromatic carbocycles. The number of carbonyl (C=O) groups is 1. The summed E-state index contributed by atoms with van der Waals surface area (Å²) in [7, 11) is 1.49. The van der Waals surface area contributed by atoms with E-state index in [2.05, 4.69) is 11.8 Å². The van der Waals surface area contributed by atoms with Gasteiger partial charge < -0.3 is 14.4 Å². The first-order valence-corrected chi connectivity index (χ1v) is 6.12. The summed E-state index contributed by atoms with van der Waals surface area (Å²) in [6.07, 6.45) is 2.96. The summed E-state index contributed by atoms with van der Waals surface area (Å²) in [4.78, 5) is 14.3. The number of rotatable bonds is 4. The molecule has 0 N–H and O–H groups in total. The second-order valence-electron chi connectivity index (χ2n) is 4.87. The molecular weight excluding hydrogens is 206 g/mol. The maximum Gasteiger partial charge on any atom is 0.311 e. The lowest BCUT2D eigenvalue weighted by Gasteiger charge is -2.39. The van der Waals surface area contributed by atoms with Crippen molar-refractivity contribution < 1.29 is 14.3 Å². The van der Waals surface area contributed by atoms with Crippen LogP contribution in [0.2, 0.25) is 0 Å². The molecular formula is C12H21NO3. The van der Waals surface area contributed by atoms with Crippen molar-refractivity contribution in [3.63, 3.8) is 0 Å². The molecule has 2 rings (SSSR count). The van der Waals surface area contributed by atoms with Crippen molar-refractivity contribution >= 4 is 5.97 Å². The molecule has 4 heteroatoms. The Morgan fingerprint density at radius 1 is 1.50 bits per heavy atom. The Bertz CT molecular complexity index is 255. The number of esters is 1. The Balaban J connectivity index is 2.00. The van der Waals surface area contributed by atoms with Gasteiger partial charge in [-0.25, -0.2) is 0 Å². The van der Waals surface area contributed by atoms with Crippen molar-refractivity contribution in [3.8, 4) is 0 Å². The molecule has 0 spiro atoms. The normalized spacial score (nSPS) is 28.8. The molecule has 0 aromatic rings. The minimum atomic E-state index is -0.276. The molecule has 16 heavy (non-hydrogen) atoms. The summed E-state index contributed by atoms with van der Waals surface area (Å²) < 4.78 is 10.2. The summed E-state index contributed by atoms with van der Waals surface area (Å²) in [5.41, 5.74) is -0.276. The zero-order valence-electron chi connectivity index (χ0n) is 10.2. The predicted molar refractivity (Wildman–Crippen MR) is 60.2 cm³/mol. The second-order valence-corrected chi connectivity index (χ2v) is 4.87. The van der Waals surface area contributed by atoms with Crippen LogP contribution in [-0.2, 0) is 14.3 Å². The van der Waals surface area contributed by atoms with E-state index in [1.807, 2.05) is 0 Å². The highest BCUT2D eigenvalue weighted by Crippen LogP contribution is 2.40. The lowest BCUT2D eigenvalue weighted by atomic mass is 9.75. The number of nitrogens with zero attached hydrogens (tertiary/aromatic N) is 1. The molecule has 0 saturated carbocycles. The summed E-state index contributed by atoms with van der Waals surface area (Å²) in [6, 6.07) is 0. The number of likely N-dealkylation sites (tertiary alicyclic amines) is 1. The van der Waals surface area contributed by atoms with Gasteiger partial charge in [-0.3, -0.25) is 4.79 Å². The molecule has 2 aliphatic heterocycles. The Morgan fingerprint density at radius 3 is 2.56 bits per heavy atom. The zero-order chi connectivity index (χ0) is 11.6. The van der Waals surface area contributed by atoms with Crippen molar-refractivity contribution in [3.05, 3.63) is 0 Å². The van der Waals surface area contributed by atoms with E-state index >= 15 is 0 Å². The van der Waals surface area contributed by atoms with Gasteiger partial charge in [-0.15, -0.1) is 0 Å². The Hall–Kier alpha value is -0.610. The summed E-state index contributed by atoms with van der Waals surface area (Å²) in [5.74, 6) is -0.0428. The van der Waals surface area contributed by atoms with Crippen LogP contribution >= 0.6 is 0 Å². The highest BCUT2D eigenvalue weighted by atomic mass is 16.6. The van der Waals surface area contributed by atoms with Crippen molar-refractivity contribution in [2.24, 2.45) is 5.41 Å². The minimum Gasteiger partial charge on any atom is -0.469 e. The van der Waals surface area contributed by atoms with Crippen LogP contribution in [-0.4, -0.2) is 50.3 Å². The standard InChI is InChI=1S/C12H21NO3/c1-3-13-6-4-12(5-7-13,11(14)15-2)8-10-9-16-10/h10H,3-9H2,1-2H3. The third-order valence-corrected chi connectivity index (χ3v) is 3.90. The minimum absolute atomic E-state index is 0.0428. The fourth-order valence-corrected chi connectivity index (χ4v) is 2.63. The highest BCUT2D eigenvalue weighted by molar-refractivity contribution is 5.77. The SMILES string of the molecule is CCN1CCC(CC2CO2)(C(=O)OC)CC1. The fraction of sp³-hybridized carbons (Fsp3) is 0.917. The van der Waals surface area contributed by atoms with Crippen LogP contribution in [0.25, 0.3) is 0 Å². The van der Waals surface area contributed by atoms with Crippen LogP contribution in [0, 0.1) is 5.41 Å². The molecule has 0 aromatic heterocycles. The van der Waals surface area contributed by atoms with Gasteiger partial charge in [-0.1, -0.05) is 6.92 Å². The monoisotopic (exact) mass is 227 g/mol. The van der Waals surface area contributed by atoms with Crippen LogP contribution in [0.4, 0.5) is 0 Å². The van der Waals surface area contributed by atoms with Crippen LogP contribution < -0.4 is 0 Å². The fourth-order valence-electron chi connectivity index (χ4n) is 2.63. The zero-order valence-corrected chi connectivity index (χ0v) is 10.2. The van der Waals surface area contributed by atoms with E-state index in [9.17, 15) is 4.79 Å². The molecule has 92 valence electrons. The second kappa shape index (κ2) is 4.72. The smallest absolute Gasteiger partial charge is 0.311 e. The van der Waals surface area contributed by atoms with E-state index in [1.165, 1.54) is 7.11 Å². The van der Waals surface area contributed by atoms with Crippen LogP contribution in [0.1, 0.15) is 26.2 Å². The highest BCUT2D eigenvalue weighted by Gasteiger charge is 2.46. The molecule has 0 amide bonds. The first-order valence-electron chi connectivity index (χ1n) is 6.12. The number of epoxide rings is 1. The van der Waals surface area contributed by atoms with Gasteiger partial charge in [0, 0.05) is 0 Å². The van der Waals surface area contributed by atoms with Gasteiger partial charge in [0.1, 0.15) is 0 Å². The van der Waals surface area contributed by atoms with Gasteiger partial charge in [-0.05, 0) is 38.9 Å². The van der Waals surface area contributed by atoms with Crippen molar-refractivity contribution in [2.75, 3.05) is 33.4 Å². The van der Waals surface area contributed by atoms with Gasteiger partial charge in [0.2, 0.25) is 0 Å². The number of ether oxygens (including phenoxy) is 2. The maximum absolute atomic E-state index is 12.0. The van der Waals surface area contributed by atoms with E-state index in [4.69, 9.17) is 9.47 Å². The number of hydrogen-bond donors (Lipinski definition) is 0. The first kappa shape index (κ1) is 11.9. The molecule has 2 saturated heterocycles. The summed E-state index contributed by atoms with van der Waals surface area (Å²) >= 11 is 0. The molecule has 0 bridgehead atoms. The van der Waals surface area contributed by atoms with E-state index in [1.54, 1.807) is 0 Å². The van der Waals surface area contributed by atoms with Gasteiger partial charge in [-0.2, -0.15) is 0 Å². The van der Waals surface area contributed by atoms with E-state index in [-0.39, 0.29) is 11.4 Å². The number of piperidine rings is 1. The number of methoxy groups -OCH3 is 1. The Morgan fingerprint density at radius 2 is 2.12 bits per heavy atom. The molecule has 4 nitrogen and oxygen atoms in total. The molecule has 1 unspecified atom stereocenters. The first-order chi connectivity index (χ1) is 7.70. The van der Waals surface area contributed by atoms with Gasteiger partial charge in [0.15, 0.2) is 0 Å². The average Bonchev–Trinajstić information content (AvgIpc) is 3.12.